The molecule has 1 saturated heterocycles. The van der Waals surface area contributed by atoms with Crippen molar-refractivity contribution in [2.45, 2.75) is 38.1 Å². The molecule has 2 unspecified atom stereocenters. The first-order valence-corrected chi connectivity index (χ1v) is 9.33. The topological polar surface area (TPSA) is 87.5 Å². The van der Waals surface area contributed by atoms with Crippen LogP contribution in [0.5, 0.6) is 0 Å². The summed E-state index contributed by atoms with van der Waals surface area (Å²) in [6, 6.07) is 7.71. The van der Waals surface area contributed by atoms with Gasteiger partial charge in [0.15, 0.2) is 0 Å². The second-order valence-corrected chi connectivity index (χ2v) is 7.62. The lowest BCUT2D eigenvalue weighted by Crippen LogP contribution is -2.48. The molecule has 1 heterocycles. The maximum atomic E-state index is 12.8. The molecule has 2 saturated carbocycles. The second kappa shape index (κ2) is 6.67. The monoisotopic (exact) mass is 342 g/mol. The number of amides is 3. The smallest absolute Gasteiger partial charge is 0.321 e. The van der Waals surface area contributed by atoms with Crippen LogP contribution in [0.15, 0.2) is 24.3 Å². The van der Waals surface area contributed by atoms with Crippen LogP contribution in [-0.2, 0) is 4.79 Å². The van der Waals surface area contributed by atoms with E-state index in [9.17, 15) is 9.59 Å². The summed E-state index contributed by atoms with van der Waals surface area (Å²) < 4.78 is 0. The van der Waals surface area contributed by atoms with Crippen LogP contribution < -0.4 is 21.3 Å². The average molecular weight is 342 g/mol. The van der Waals surface area contributed by atoms with E-state index in [2.05, 4.69) is 10.6 Å². The number of nitrogens with one attached hydrogen (secondary N) is 2. The molecule has 1 aromatic rings. The lowest BCUT2D eigenvalue weighted by molar-refractivity contribution is -0.122. The van der Waals surface area contributed by atoms with E-state index in [4.69, 9.17) is 5.73 Å². The Balaban J connectivity index is 1.43. The third-order valence-electron chi connectivity index (χ3n) is 6.07. The van der Waals surface area contributed by atoms with Crippen LogP contribution in [0.4, 0.5) is 16.2 Å². The van der Waals surface area contributed by atoms with Crippen LogP contribution in [0.2, 0.25) is 0 Å². The number of hydrogen-bond acceptors (Lipinski definition) is 3. The van der Waals surface area contributed by atoms with Crippen LogP contribution in [0.3, 0.4) is 0 Å². The lowest BCUT2D eigenvalue weighted by atomic mass is 9.65. The van der Waals surface area contributed by atoms with E-state index < -0.39 is 0 Å². The molecule has 134 valence electrons. The van der Waals surface area contributed by atoms with Crippen LogP contribution in [0.25, 0.3) is 0 Å². The predicted octanol–water partition coefficient (Wildman–Crippen LogP) is 2.31. The summed E-state index contributed by atoms with van der Waals surface area (Å²) in [6.07, 6.45) is 5.36. The van der Waals surface area contributed by atoms with Crippen molar-refractivity contribution in [3.05, 3.63) is 24.3 Å². The van der Waals surface area contributed by atoms with E-state index in [0.717, 1.165) is 37.1 Å². The number of hydrogen-bond donors (Lipinski definition) is 3. The van der Waals surface area contributed by atoms with Crippen molar-refractivity contribution in [2.75, 3.05) is 23.3 Å². The summed E-state index contributed by atoms with van der Waals surface area (Å²) in [7, 11) is 0. The van der Waals surface area contributed by atoms with Crippen molar-refractivity contribution < 1.29 is 9.59 Å². The van der Waals surface area contributed by atoms with Gasteiger partial charge in [0, 0.05) is 36.4 Å². The SMILES string of the molecule is NC1C2CCCC1CC(C(=O)Nc1cccc(N3CCNC3=O)c1)C2. The zero-order chi connectivity index (χ0) is 17.4. The molecule has 1 aromatic carbocycles. The molecule has 2 bridgehead atoms. The average Bonchev–Trinajstić information content (AvgIpc) is 3.01. The highest BCUT2D eigenvalue weighted by atomic mass is 16.2. The maximum absolute atomic E-state index is 12.8. The fraction of sp³-hybridized carbons (Fsp3) is 0.579. The van der Waals surface area contributed by atoms with Gasteiger partial charge < -0.3 is 16.4 Å². The number of nitrogens with two attached hydrogens (primary N) is 1. The normalized spacial score (nSPS) is 31.6. The molecule has 3 amide bonds. The largest absolute Gasteiger partial charge is 0.336 e. The Morgan fingerprint density at radius 2 is 2.00 bits per heavy atom. The second-order valence-electron chi connectivity index (χ2n) is 7.62. The molecule has 6 heteroatoms. The van der Waals surface area contributed by atoms with Crippen molar-refractivity contribution >= 4 is 23.3 Å². The van der Waals surface area contributed by atoms with E-state index in [0.29, 0.717) is 24.9 Å². The first-order valence-electron chi connectivity index (χ1n) is 9.33. The summed E-state index contributed by atoms with van der Waals surface area (Å²) in [6.45, 7) is 1.31. The van der Waals surface area contributed by atoms with Crippen molar-refractivity contribution in [3.8, 4) is 0 Å². The first kappa shape index (κ1) is 16.4. The van der Waals surface area contributed by atoms with E-state index in [1.165, 1.54) is 6.42 Å². The minimum Gasteiger partial charge on any atom is -0.336 e. The molecule has 2 atom stereocenters. The molecular weight excluding hydrogens is 316 g/mol. The third kappa shape index (κ3) is 3.23. The lowest BCUT2D eigenvalue weighted by Gasteiger charge is -2.43. The predicted molar refractivity (Wildman–Crippen MR) is 97.3 cm³/mol. The van der Waals surface area contributed by atoms with Gasteiger partial charge in [0.05, 0.1) is 0 Å². The molecule has 25 heavy (non-hydrogen) atoms. The minimum absolute atomic E-state index is 0.0499. The molecule has 0 radical (unpaired) electrons. The van der Waals surface area contributed by atoms with Gasteiger partial charge in [-0.15, -0.1) is 0 Å². The van der Waals surface area contributed by atoms with Crippen molar-refractivity contribution in [3.63, 3.8) is 0 Å². The molecule has 3 aliphatic rings. The number of nitrogens with zero attached hydrogens (tertiary/aromatic N) is 1. The number of anilines is 2. The van der Waals surface area contributed by atoms with Gasteiger partial charge in [-0.25, -0.2) is 4.79 Å². The molecule has 1 aliphatic heterocycles. The van der Waals surface area contributed by atoms with Crippen LogP contribution in [0.1, 0.15) is 32.1 Å². The summed E-state index contributed by atoms with van der Waals surface area (Å²) in [5, 5.41) is 5.85. The Hall–Kier alpha value is -2.08. The van der Waals surface area contributed by atoms with Crippen molar-refractivity contribution in [2.24, 2.45) is 23.5 Å². The van der Waals surface area contributed by atoms with E-state index in [1.54, 1.807) is 4.90 Å². The fourth-order valence-corrected chi connectivity index (χ4v) is 4.72. The quantitative estimate of drug-likeness (QED) is 0.788. The molecule has 4 N–H and O–H groups in total. The van der Waals surface area contributed by atoms with Gasteiger partial charge in [0.25, 0.3) is 0 Å². The summed E-state index contributed by atoms with van der Waals surface area (Å²) in [5.41, 5.74) is 7.89. The van der Waals surface area contributed by atoms with Gasteiger partial charge in [-0.05, 0) is 55.7 Å². The molecule has 3 fully saturated rings. The Morgan fingerprint density at radius 1 is 1.24 bits per heavy atom. The third-order valence-corrected chi connectivity index (χ3v) is 6.07. The van der Waals surface area contributed by atoms with Crippen LogP contribution >= 0.6 is 0 Å². The number of carbonyl (C=O) groups excluding carboxylic acids is 2. The maximum Gasteiger partial charge on any atom is 0.321 e. The number of urea groups is 1. The van der Waals surface area contributed by atoms with Gasteiger partial charge >= 0.3 is 6.03 Å². The highest BCUT2D eigenvalue weighted by Crippen LogP contribution is 2.42. The van der Waals surface area contributed by atoms with Crippen LogP contribution in [-0.4, -0.2) is 31.1 Å². The molecular formula is C19H26N4O2. The number of carbonyl (C=O) groups is 2. The zero-order valence-corrected chi connectivity index (χ0v) is 14.4. The fourth-order valence-electron chi connectivity index (χ4n) is 4.72. The highest BCUT2D eigenvalue weighted by Gasteiger charge is 2.40. The summed E-state index contributed by atoms with van der Waals surface area (Å²) >= 11 is 0. The van der Waals surface area contributed by atoms with E-state index >= 15 is 0 Å². The van der Waals surface area contributed by atoms with Crippen molar-refractivity contribution in [1.29, 1.82) is 0 Å². The van der Waals surface area contributed by atoms with Gasteiger partial charge in [0.1, 0.15) is 0 Å². The Bertz CT molecular complexity index is 663. The summed E-state index contributed by atoms with van der Waals surface area (Å²) in [4.78, 5) is 26.3. The van der Waals surface area contributed by atoms with Crippen LogP contribution in [0, 0.1) is 17.8 Å². The summed E-state index contributed by atoms with van der Waals surface area (Å²) in [5.74, 6) is 1.12. The number of benzene rings is 1. The Kier molecular flexibility index (Phi) is 4.37. The van der Waals surface area contributed by atoms with E-state index in [1.807, 2.05) is 24.3 Å². The molecule has 0 aromatic heterocycles. The number of rotatable bonds is 3. The Labute approximate surface area is 148 Å². The van der Waals surface area contributed by atoms with Gasteiger partial charge in [-0.2, -0.15) is 0 Å². The zero-order valence-electron chi connectivity index (χ0n) is 14.4. The molecule has 0 spiro atoms. The van der Waals surface area contributed by atoms with Gasteiger partial charge in [0.2, 0.25) is 5.91 Å². The highest BCUT2D eigenvalue weighted by molar-refractivity contribution is 5.96. The molecule has 6 nitrogen and oxygen atoms in total. The van der Waals surface area contributed by atoms with E-state index in [-0.39, 0.29) is 23.9 Å². The number of fused-ring (bicyclic) bond motifs is 2. The molecule has 4 rings (SSSR count). The molecule has 2 aliphatic carbocycles. The first-order chi connectivity index (χ1) is 12.1. The van der Waals surface area contributed by atoms with Crippen molar-refractivity contribution in [1.82, 2.24) is 5.32 Å². The standard InChI is InChI=1S/C19H26N4O2/c20-17-12-3-1-4-13(17)10-14(9-12)18(24)22-15-5-2-6-16(11-15)23-8-7-21-19(23)25/h2,5-6,11-14,17H,1,3-4,7-10,20H2,(H,21,25)(H,22,24). The van der Waals surface area contributed by atoms with Gasteiger partial charge in [-0.3, -0.25) is 9.69 Å². The Morgan fingerprint density at radius 3 is 2.68 bits per heavy atom. The van der Waals surface area contributed by atoms with Gasteiger partial charge in [-0.1, -0.05) is 12.5 Å². The minimum atomic E-state index is -0.0856.